The van der Waals surface area contributed by atoms with E-state index in [-0.39, 0.29) is 16.7 Å². The van der Waals surface area contributed by atoms with Crippen LogP contribution in [0.25, 0.3) is 0 Å². The van der Waals surface area contributed by atoms with E-state index in [9.17, 15) is 0 Å². The van der Waals surface area contributed by atoms with Crippen molar-refractivity contribution in [2.24, 2.45) is 27.2 Å². The number of nitrogens with zero attached hydrogens (tertiary/aromatic N) is 2. The molecule has 0 aliphatic carbocycles. The van der Waals surface area contributed by atoms with E-state index in [2.05, 4.69) is 30.1 Å². The van der Waals surface area contributed by atoms with Gasteiger partial charge in [0.15, 0.2) is 5.96 Å². The molecule has 0 radical (unpaired) electrons. The molecular weight excluding hydrogens is 210 g/mol. The van der Waals surface area contributed by atoms with E-state index in [1.54, 1.807) is 11.8 Å². The summed E-state index contributed by atoms with van der Waals surface area (Å²) in [7, 11) is 0. The Morgan fingerprint density at radius 3 is 2.07 bits per heavy atom. The van der Waals surface area contributed by atoms with E-state index >= 15 is 0 Å². The molecule has 0 aliphatic rings. The fraction of sp³-hybridized carbons (Fsp3) is 0.778. The fourth-order valence-electron chi connectivity index (χ4n) is 1.22. The minimum absolute atomic E-state index is 0.0565. The predicted octanol–water partition coefficient (Wildman–Crippen LogP) is 0.496. The van der Waals surface area contributed by atoms with Gasteiger partial charge in [-0.2, -0.15) is 16.8 Å². The molecule has 6 heteroatoms. The van der Waals surface area contributed by atoms with Crippen LogP contribution in [0, 0.1) is 0 Å². The van der Waals surface area contributed by atoms with Crippen molar-refractivity contribution in [1.82, 2.24) is 0 Å². The summed E-state index contributed by atoms with van der Waals surface area (Å²) in [6, 6.07) is 0. The number of guanidine groups is 2. The zero-order valence-electron chi connectivity index (χ0n) is 9.66. The molecule has 88 valence electrons. The van der Waals surface area contributed by atoms with Gasteiger partial charge in [-0.3, -0.25) is 0 Å². The molecule has 0 saturated carbocycles. The number of hydrogen-bond donors (Lipinski definition) is 3. The van der Waals surface area contributed by atoms with Gasteiger partial charge in [-0.15, -0.1) is 0 Å². The molecule has 0 aliphatic heterocycles. The highest BCUT2D eigenvalue weighted by atomic mass is 32.2. The summed E-state index contributed by atoms with van der Waals surface area (Å²) >= 11 is 1.80. The summed E-state index contributed by atoms with van der Waals surface area (Å²) in [5.74, 6) is 0.0920. The fourth-order valence-corrected chi connectivity index (χ4v) is 1.99. The van der Waals surface area contributed by atoms with Crippen LogP contribution in [0.2, 0.25) is 0 Å². The van der Waals surface area contributed by atoms with Crippen molar-refractivity contribution < 1.29 is 0 Å². The Bertz CT molecular complexity index is 233. The lowest BCUT2D eigenvalue weighted by atomic mass is 10.0. The Labute approximate surface area is 95.6 Å². The summed E-state index contributed by atoms with van der Waals surface area (Å²) in [4.78, 5) is 7.85. The molecular formula is C9H21N5S. The Hall–Kier alpha value is -0.910. The van der Waals surface area contributed by atoms with Gasteiger partial charge in [0, 0.05) is 4.75 Å². The standard InChI is InChI=1S/C9H21N5S/c1-4-9(5-2,15-3)6-13-8(12)14-7(10)11/h4-6H2,1-3H3,(H6,10,11,12,13,14). The Morgan fingerprint density at radius 1 is 1.20 bits per heavy atom. The van der Waals surface area contributed by atoms with E-state index in [0.717, 1.165) is 12.8 Å². The quantitative estimate of drug-likeness (QED) is 0.473. The number of aliphatic imine (C=N–C) groups is 2. The molecule has 0 atom stereocenters. The molecule has 6 N–H and O–H groups in total. The highest BCUT2D eigenvalue weighted by molar-refractivity contribution is 8.00. The van der Waals surface area contributed by atoms with E-state index in [1.165, 1.54) is 0 Å². The SMILES string of the molecule is CCC(CC)(CN=C(N)N=C(N)N)SC. The number of nitrogens with two attached hydrogens (primary N) is 3. The first-order valence-corrected chi connectivity index (χ1v) is 6.17. The van der Waals surface area contributed by atoms with Gasteiger partial charge in [0.1, 0.15) is 0 Å². The molecule has 0 saturated heterocycles. The third kappa shape index (κ3) is 4.92. The monoisotopic (exact) mass is 231 g/mol. The van der Waals surface area contributed by atoms with Gasteiger partial charge < -0.3 is 17.2 Å². The first kappa shape index (κ1) is 14.1. The molecule has 0 fully saturated rings. The maximum absolute atomic E-state index is 5.54. The number of rotatable bonds is 5. The van der Waals surface area contributed by atoms with Gasteiger partial charge in [0.25, 0.3) is 0 Å². The third-order valence-electron chi connectivity index (χ3n) is 2.49. The smallest absolute Gasteiger partial charge is 0.218 e. The van der Waals surface area contributed by atoms with Gasteiger partial charge in [-0.25, -0.2) is 4.99 Å². The van der Waals surface area contributed by atoms with E-state index in [1.807, 2.05) is 0 Å². The van der Waals surface area contributed by atoms with Crippen molar-refractivity contribution >= 4 is 23.7 Å². The largest absolute Gasteiger partial charge is 0.370 e. The van der Waals surface area contributed by atoms with Crippen molar-refractivity contribution in [3.8, 4) is 0 Å². The zero-order valence-corrected chi connectivity index (χ0v) is 10.5. The second kappa shape index (κ2) is 6.55. The second-order valence-corrected chi connectivity index (χ2v) is 4.58. The summed E-state index contributed by atoms with van der Waals surface area (Å²) in [6.45, 7) is 4.93. The maximum atomic E-state index is 5.54. The third-order valence-corrected chi connectivity index (χ3v) is 4.07. The average Bonchev–Trinajstić information content (AvgIpc) is 2.20. The molecule has 0 bridgehead atoms. The summed E-state index contributed by atoms with van der Waals surface area (Å²) < 4.78 is 0.142. The molecule has 0 unspecified atom stereocenters. The zero-order chi connectivity index (χ0) is 11.9. The topological polar surface area (TPSA) is 103 Å². The molecule has 0 aromatic heterocycles. The molecule has 0 aromatic rings. The lowest BCUT2D eigenvalue weighted by Crippen LogP contribution is -2.30. The van der Waals surface area contributed by atoms with Crippen LogP contribution in [0.3, 0.4) is 0 Å². The molecule has 5 nitrogen and oxygen atoms in total. The van der Waals surface area contributed by atoms with E-state index < -0.39 is 0 Å². The molecule has 0 amide bonds. The van der Waals surface area contributed by atoms with Crippen LogP contribution in [0.5, 0.6) is 0 Å². The molecule has 0 spiro atoms. The lowest BCUT2D eigenvalue weighted by molar-refractivity contribution is 0.560. The van der Waals surface area contributed by atoms with Crippen molar-refractivity contribution in [2.75, 3.05) is 12.8 Å². The Morgan fingerprint density at radius 2 is 1.73 bits per heavy atom. The summed E-state index contributed by atoms with van der Waals surface area (Å²) in [6.07, 6.45) is 4.17. The lowest BCUT2D eigenvalue weighted by Gasteiger charge is -2.27. The first-order chi connectivity index (χ1) is 6.99. The van der Waals surface area contributed by atoms with Gasteiger partial charge in [-0.05, 0) is 19.1 Å². The normalized spacial score (nSPS) is 12.6. The van der Waals surface area contributed by atoms with Crippen molar-refractivity contribution in [2.45, 2.75) is 31.4 Å². The van der Waals surface area contributed by atoms with Crippen LogP contribution >= 0.6 is 11.8 Å². The number of hydrogen-bond acceptors (Lipinski definition) is 2. The maximum Gasteiger partial charge on any atom is 0.218 e. The van der Waals surface area contributed by atoms with Crippen LogP contribution in [0.4, 0.5) is 0 Å². The van der Waals surface area contributed by atoms with Gasteiger partial charge >= 0.3 is 0 Å². The second-order valence-electron chi connectivity index (χ2n) is 3.31. The van der Waals surface area contributed by atoms with Crippen LogP contribution in [0.15, 0.2) is 9.98 Å². The van der Waals surface area contributed by atoms with E-state index in [0.29, 0.717) is 6.54 Å². The van der Waals surface area contributed by atoms with Crippen molar-refractivity contribution in [3.63, 3.8) is 0 Å². The molecule has 0 heterocycles. The minimum atomic E-state index is -0.0565. The molecule has 0 aromatic carbocycles. The minimum Gasteiger partial charge on any atom is -0.370 e. The predicted molar refractivity (Wildman–Crippen MR) is 69.1 cm³/mol. The Kier molecular flexibility index (Phi) is 6.15. The van der Waals surface area contributed by atoms with Gasteiger partial charge in [-0.1, -0.05) is 13.8 Å². The van der Waals surface area contributed by atoms with E-state index in [4.69, 9.17) is 17.2 Å². The number of thioether (sulfide) groups is 1. The van der Waals surface area contributed by atoms with Crippen LogP contribution in [-0.4, -0.2) is 29.5 Å². The van der Waals surface area contributed by atoms with Crippen molar-refractivity contribution in [1.29, 1.82) is 0 Å². The molecule has 0 rings (SSSR count). The highest BCUT2D eigenvalue weighted by Gasteiger charge is 2.24. The van der Waals surface area contributed by atoms with Gasteiger partial charge in [0.05, 0.1) is 6.54 Å². The molecule has 15 heavy (non-hydrogen) atoms. The van der Waals surface area contributed by atoms with Gasteiger partial charge in [0.2, 0.25) is 5.96 Å². The van der Waals surface area contributed by atoms with Crippen LogP contribution in [0.1, 0.15) is 26.7 Å². The van der Waals surface area contributed by atoms with Crippen LogP contribution < -0.4 is 17.2 Å². The summed E-state index contributed by atoms with van der Waals surface area (Å²) in [5.41, 5.74) is 15.9. The van der Waals surface area contributed by atoms with Crippen molar-refractivity contribution in [3.05, 3.63) is 0 Å². The Balaban J connectivity index is 4.51. The highest BCUT2D eigenvalue weighted by Crippen LogP contribution is 2.30. The van der Waals surface area contributed by atoms with Crippen LogP contribution in [-0.2, 0) is 0 Å². The average molecular weight is 231 g/mol. The summed E-state index contributed by atoms with van der Waals surface area (Å²) in [5, 5.41) is 0. The first-order valence-electron chi connectivity index (χ1n) is 4.94.